The van der Waals surface area contributed by atoms with Crippen molar-refractivity contribution in [3.05, 3.63) is 130 Å². The first-order chi connectivity index (χ1) is 22.1. The van der Waals surface area contributed by atoms with E-state index in [-0.39, 0.29) is 29.8 Å². The Morgan fingerprint density at radius 2 is 1.43 bits per heavy atom. The smallest absolute Gasteiger partial charge is 0.264 e. The maximum atomic E-state index is 14.7. The monoisotopic (exact) mass is 657 g/mol. The van der Waals surface area contributed by atoms with Gasteiger partial charge in [-0.1, -0.05) is 97.2 Å². The van der Waals surface area contributed by atoms with Crippen LogP contribution in [0.1, 0.15) is 47.9 Å². The van der Waals surface area contributed by atoms with Gasteiger partial charge in [0.2, 0.25) is 11.8 Å². The van der Waals surface area contributed by atoms with Crippen molar-refractivity contribution >= 4 is 39.1 Å². The molecule has 0 bridgehead atoms. The lowest BCUT2D eigenvalue weighted by atomic mass is 10.0. The summed E-state index contributed by atoms with van der Waals surface area (Å²) in [6.07, 6.45) is 4.18. The van der Waals surface area contributed by atoms with E-state index < -0.39 is 28.5 Å². The zero-order chi connectivity index (χ0) is 32.7. The Labute approximate surface area is 277 Å². The largest absolute Gasteiger partial charge is 0.352 e. The first-order valence-corrected chi connectivity index (χ1v) is 17.5. The number of anilines is 1. The van der Waals surface area contributed by atoms with Gasteiger partial charge in [-0.25, -0.2) is 8.42 Å². The third kappa shape index (κ3) is 7.98. The van der Waals surface area contributed by atoms with Crippen molar-refractivity contribution in [2.24, 2.45) is 0 Å². The molecule has 1 aliphatic rings. The van der Waals surface area contributed by atoms with Gasteiger partial charge in [-0.3, -0.25) is 13.9 Å². The van der Waals surface area contributed by atoms with Crippen LogP contribution in [0.3, 0.4) is 0 Å². The van der Waals surface area contributed by atoms with Crippen molar-refractivity contribution < 1.29 is 18.0 Å². The highest BCUT2D eigenvalue weighted by Crippen LogP contribution is 2.29. The standard InChI is InChI=1S/C37H40ClN3O4S/c1-27-12-6-8-16-30(27)25-40(35(24-29-14-4-3-5-15-29)37(43)39-32-17-9-10-18-32)36(42)26-41(34-19-11-7-13-28(34)2)46(44,45)33-22-20-31(38)21-23-33/h3-8,11-16,19-23,32,35H,9-10,17-18,24-26H2,1-2H3,(H,39,43)/t35-/m0/s1. The number of carbonyl (C=O) groups excluding carboxylic acids is 2. The molecule has 1 atom stereocenters. The Morgan fingerprint density at radius 3 is 2.09 bits per heavy atom. The van der Waals surface area contributed by atoms with Crippen molar-refractivity contribution in [1.82, 2.24) is 10.2 Å². The number of sulfonamides is 1. The number of aryl methyl sites for hydroxylation is 2. The fraction of sp³-hybridized carbons (Fsp3) is 0.297. The van der Waals surface area contributed by atoms with Crippen LogP contribution in [-0.2, 0) is 32.6 Å². The van der Waals surface area contributed by atoms with E-state index >= 15 is 0 Å². The van der Waals surface area contributed by atoms with Crippen LogP contribution in [0.15, 0.2) is 108 Å². The number of para-hydroxylation sites is 1. The predicted octanol–water partition coefficient (Wildman–Crippen LogP) is 6.85. The Balaban J connectivity index is 1.58. The Morgan fingerprint density at radius 1 is 0.826 bits per heavy atom. The van der Waals surface area contributed by atoms with E-state index in [1.807, 2.05) is 80.6 Å². The number of hydrogen-bond acceptors (Lipinski definition) is 4. The Kier molecular flexibility index (Phi) is 10.8. The van der Waals surface area contributed by atoms with Gasteiger partial charge in [0.05, 0.1) is 10.6 Å². The van der Waals surface area contributed by atoms with Gasteiger partial charge in [-0.05, 0) is 79.3 Å². The summed E-state index contributed by atoms with van der Waals surface area (Å²) in [5.41, 5.74) is 3.83. The van der Waals surface area contributed by atoms with Crippen molar-refractivity contribution in [3.8, 4) is 0 Å². The zero-order valence-corrected chi connectivity index (χ0v) is 27.8. The molecule has 1 aliphatic carbocycles. The third-order valence-electron chi connectivity index (χ3n) is 8.64. The van der Waals surface area contributed by atoms with Crippen LogP contribution in [0, 0.1) is 13.8 Å². The molecule has 4 aromatic rings. The molecular weight excluding hydrogens is 618 g/mol. The third-order valence-corrected chi connectivity index (χ3v) is 10.7. The topological polar surface area (TPSA) is 86.8 Å². The molecule has 46 heavy (non-hydrogen) atoms. The number of hydrogen-bond donors (Lipinski definition) is 1. The second-order valence-corrected chi connectivity index (χ2v) is 14.2. The molecule has 0 radical (unpaired) electrons. The normalized spacial score (nSPS) is 14.1. The van der Waals surface area contributed by atoms with E-state index in [0.29, 0.717) is 16.3 Å². The number of halogens is 1. The van der Waals surface area contributed by atoms with Crippen molar-refractivity contribution in [1.29, 1.82) is 0 Å². The van der Waals surface area contributed by atoms with Crippen LogP contribution < -0.4 is 9.62 Å². The average Bonchev–Trinajstić information content (AvgIpc) is 3.56. The highest BCUT2D eigenvalue weighted by atomic mass is 35.5. The van der Waals surface area contributed by atoms with Crippen LogP contribution in [0.5, 0.6) is 0 Å². The molecule has 9 heteroatoms. The van der Waals surface area contributed by atoms with E-state index in [2.05, 4.69) is 5.32 Å². The van der Waals surface area contributed by atoms with Crippen LogP contribution in [0.4, 0.5) is 5.69 Å². The summed E-state index contributed by atoms with van der Waals surface area (Å²) >= 11 is 6.08. The minimum Gasteiger partial charge on any atom is -0.352 e. The molecular formula is C37H40ClN3O4S. The van der Waals surface area contributed by atoms with Crippen LogP contribution in [-0.4, -0.2) is 43.8 Å². The highest BCUT2D eigenvalue weighted by Gasteiger charge is 2.36. The molecule has 0 aliphatic heterocycles. The maximum Gasteiger partial charge on any atom is 0.264 e. The summed E-state index contributed by atoms with van der Waals surface area (Å²) in [5, 5.41) is 3.62. The first kappa shape index (κ1) is 33.2. The van der Waals surface area contributed by atoms with Gasteiger partial charge < -0.3 is 10.2 Å². The second kappa shape index (κ2) is 15.0. The second-order valence-electron chi connectivity index (χ2n) is 11.9. The molecule has 1 fully saturated rings. The lowest BCUT2D eigenvalue weighted by Crippen LogP contribution is -2.54. The van der Waals surface area contributed by atoms with E-state index in [1.165, 1.54) is 24.3 Å². The van der Waals surface area contributed by atoms with Crippen molar-refractivity contribution in [3.63, 3.8) is 0 Å². The number of benzene rings is 4. The van der Waals surface area contributed by atoms with Gasteiger partial charge in [0, 0.05) is 24.0 Å². The molecule has 7 nitrogen and oxygen atoms in total. The Bertz CT molecular complexity index is 1760. The highest BCUT2D eigenvalue weighted by molar-refractivity contribution is 7.92. The van der Waals surface area contributed by atoms with Gasteiger partial charge in [0.15, 0.2) is 0 Å². The lowest BCUT2D eigenvalue weighted by Gasteiger charge is -2.35. The molecule has 240 valence electrons. The fourth-order valence-corrected chi connectivity index (χ4v) is 7.59. The van der Waals surface area contributed by atoms with Gasteiger partial charge in [-0.2, -0.15) is 0 Å². The molecule has 2 amide bonds. The summed E-state index contributed by atoms with van der Waals surface area (Å²) in [6.45, 7) is 3.42. The molecule has 4 aromatic carbocycles. The Hall–Kier alpha value is -4.14. The summed E-state index contributed by atoms with van der Waals surface area (Å²) in [7, 11) is -4.20. The van der Waals surface area contributed by atoms with Gasteiger partial charge in [0.25, 0.3) is 10.0 Å². The number of amides is 2. The number of nitrogens with one attached hydrogen (secondary N) is 1. The van der Waals surface area contributed by atoms with Crippen LogP contribution in [0.25, 0.3) is 0 Å². The molecule has 0 saturated heterocycles. The first-order valence-electron chi connectivity index (χ1n) is 15.7. The van der Waals surface area contributed by atoms with Gasteiger partial charge >= 0.3 is 0 Å². The van der Waals surface area contributed by atoms with Crippen molar-refractivity contribution in [2.45, 2.75) is 69.5 Å². The van der Waals surface area contributed by atoms with E-state index in [1.54, 1.807) is 17.0 Å². The summed E-state index contributed by atoms with van der Waals surface area (Å²) in [4.78, 5) is 30.4. The van der Waals surface area contributed by atoms with E-state index in [9.17, 15) is 18.0 Å². The average molecular weight is 658 g/mol. The minimum atomic E-state index is -4.20. The maximum absolute atomic E-state index is 14.7. The zero-order valence-electron chi connectivity index (χ0n) is 26.2. The van der Waals surface area contributed by atoms with Gasteiger partial charge in [0.1, 0.15) is 12.6 Å². The molecule has 0 spiro atoms. The minimum absolute atomic E-state index is 0.0122. The van der Waals surface area contributed by atoms with Crippen LogP contribution in [0.2, 0.25) is 5.02 Å². The molecule has 1 saturated carbocycles. The van der Waals surface area contributed by atoms with E-state index in [0.717, 1.165) is 46.7 Å². The molecule has 1 N–H and O–H groups in total. The predicted molar refractivity (Wildman–Crippen MR) is 183 cm³/mol. The number of nitrogens with zero attached hydrogens (tertiary/aromatic N) is 2. The quantitative estimate of drug-likeness (QED) is 0.181. The molecule has 0 heterocycles. The SMILES string of the molecule is Cc1ccccc1CN(C(=O)CN(c1ccccc1C)S(=O)(=O)c1ccc(Cl)cc1)[C@@H](Cc1ccccc1)C(=O)NC1CCCC1. The molecule has 0 aromatic heterocycles. The molecule has 0 unspecified atom stereocenters. The summed E-state index contributed by atoms with van der Waals surface area (Å²) in [6, 6.07) is 29.5. The fourth-order valence-electron chi connectivity index (χ4n) is 5.98. The number of rotatable bonds is 12. The number of carbonyl (C=O) groups is 2. The van der Waals surface area contributed by atoms with Gasteiger partial charge in [-0.15, -0.1) is 0 Å². The summed E-state index contributed by atoms with van der Waals surface area (Å²) < 4.78 is 29.6. The molecule has 5 rings (SSSR count). The lowest BCUT2D eigenvalue weighted by molar-refractivity contribution is -0.140. The van der Waals surface area contributed by atoms with Crippen LogP contribution >= 0.6 is 11.6 Å². The van der Waals surface area contributed by atoms with Crippen molar-refractivity contribution in [2.75, 3.05) is 10.8 Å². The van der Waals surface area contributed by atoms with E-state index in [4.69, 9.17) is 11.6 Å². The summed E-state index contributed by atoms with van der Waals surface area (Å²) in [5.74, 6) is -0.716.